The van der Waals surface area contributed by atoms with E-state index < -0.39 is 17.5 Å². The van der Waals surface area contributed by atoms with Crippen molar-refractivity contribution in [2.75, 3.05) is 0 Å². The summed E-state index contributed by atoms with van der Waals surface area (Å²) < 4.78 is 16.0. The predicted octanol–water partition coefficient (Wildman–Crippen LogP) is 2.07. The van der Waals surface area contributed by atoms with Gasteiger partial charge in [-0.25, -0.2) is 0 Å². The van der Waals surface area contributed by atoms with Gasteiger partial charge in [-0.3, -0.25) is 10.1 Å². The van der Waals surface area contributed by atoms with Crippen molar-refractivity contribution in [3.8, 4) is 11.5 Å². The van der Waals surface area contributed by atoms with E-state index in [9.17, 15) is 10.1 Å². The van der Waals surface area contributed by atoms with Gasteiger partial charge in [0.15, 0.2) is 11.5 Å². The van der Waals surface area contributed by atoms with Crippen LogP contribution < -0.4 is 9.47 Å². The van der Waals surface area contributed by atoms with Crippen LogP contribution in [0.1, 0.15) is 13.8 Å². The minimum Gasteiger partial charge on any atom is -0.461 e. The lowest BCUT2D eigenvalue weighted by Gasteiger charge is -2.13. The second kappa shape index (κ2) is 3.97. The molecule has 0 radical (unpaired) electrons. The van der Waals surface area contributed by atoms with Crippen LogP contribution in [0.15, 0.2) is 18.2 Å². The molecule has 86 valence electrons. The Labute approximate surface area is 91.9 Å². The zero-order valence-corrected chi connectivity index (χ0v) is 8.88. The fourth-order valence-electron chi connectivity index (χ4n) is 1.48. The maximum absolute atomic E-state index is 10.6. The van der Waals surface area contributed by atoms with Crippen LogP contribution in [-0.2, 0) is 4.74 Å². The summed E-state index contributed by atoms with van der Waals surface area (Å²) in [6, 6.07) is 4.20. The summed E-state index contributed by atoms with van der Waals surface area (Å²) >= 11 is 0. The minimum atomic E-state index is -0.502. The van der Waals surface area contributed by atoms with Gasteiger partial charge in [0.2, 0.25) is 12.6 Å². The Morgan fingerprint density at radius 3 is 2.44 bits per heavy atom. The van der Waals surface area contributed by atoms with Gasteiger partial charge in [-0.1, -0.05) is 0 Å². The van der Waals surface area contributed by atoms with Crippen LogP contribution in [0.25, 0.3) is 0 Å². The third kappa shape index (κ3) is 2.06. The van der Waals surface area contributed by atoms with Crippen molar-refractivity contribution in [2.45, 2.75) is 26.4 Å². The van der Waals surface area contributed by atoms with E-state index in [4.69, 9.17) is 14.2 Å². The van der Waals surface area contributed by atoms with Crippen LogP contribution in [0.4, 0.5) is 5.69 Å². The molecule has 6 heteroatoms. The number of nitrogens with zero attached hydrogens (tertiary/aromatic N) is 1. The van der Waals surface area contributed by atoms with E-state index in [1.165, 1.54) is 18.2 Å². The molecule has 0 saturated carbocycles. The highest BCUT2D eigenvalue weighted by atomic mass is 16.8. The normalized spacial score (nSPS) is 23.6. The van der Waals surface area contributed by atoms with Gasteiger partial charge in [-0.15, -0.1) is 0 Å². The molecule has 0 amide bonds. The average molecular weight is 225 g/mol. The second-order valence-corrected chi connectivity index (χ2v) is 3.40. The molecule has 1 aromatic rings. The quantitative estimate of drug-likeness (QED) is 0.540. The maximum atomic E-state index is 10.6. The van der Waals surface area contributed by atoms with Crippen molar-refractivity contribution in [2.24, 2.45) is 0 Å². The summed E-state index contributed by atoms with van der Waals surface area (Å²) in [5.41, 5.74) is -0.0379. The Bertz CT molecular complexity index is 420. The van der Waals surface area contributed by atoms with E-state index in [2.05, 4.69) is 0 Å². The van der Waals surface area contributed by atoms with Crippen molar-refractivity contribution in [3.63, 3.8) is 0 Å². The molecule has 0 N–H and O–H groups in total. The number of non-ortho nitro benzene ring substituents is 1. The first-order valence-corrected chi connectivity index (χ1v) is 4.83. The number of nitro groups is 1. The molecular weight excluding hydrogens is 214 g/mol. The average Bonchev–Trinajstić information content (AvgIpc) is 2.32. The first-order valence-electron chi connectivity index (χ1n) is 4.83. The lowest BCUT2D eigenvalue weighted by molar-refractivity contribution is -0.385. The molecule has 0 spiro atoms. The molecule has 0 bridgehead atoms. The van der Waals surface area contributed by atoms with Crippen LogP contribution in [0.2, 0.25) is 0 Å². The lowest BCUT2D eigenvalue weighted by Crippen LogP contribution is -2.22. The number of hydrogen-bond acceptors (Lipinski definition) is 5. The van der Waals surface area contributed by atoms with E-state index in [0.29, 0.717) is 11.5 Å². The van der Waals surface area contributed by atoms with Crippen molar-refractivity contribution in [1.29, 1.82) is 0 Å². The molecule has 0 aliphatic carbocycles. The maximum Gasteiger partial charge on any atom is 0.273 e. The second-order valence-electron chi connectivity index (χ2n) is 3.40. The molecule has 16 heavy (non-hydrogen) atoms. The zero-order valence-electron chi connectivity index (χ0n) is 8.88. The van der Waals surface area contributed by atoms with E-state index in [1.54, 1.807) is 13.8 Å². The molecule has 2 atom stereocenters. The number of benzene rings is 1. The molecule has 1 aliphatic heterocycles. The zero-order chi connectivity index (χ0) is 11.7. The highest BCUT2D eigenvalue weighted by molar-refractivity contribution is 5.48. The first-order chi connectivity index (χ1) is 7.56. The van der Waals surface area contributed by atoms with Crippen LogP contribution >= 0.6 is 0 Å². The number of hydrogen-bond donors (Lipinski definition) is 0. The molecule has 0 fully saturated rings. The van der Waals surface area contributed by atoms with E-state index in [0.717, 1.165) is 0 Å². The number of ether oxygens (including phenoxy) is 3. The Morgan fingerprint density at radius 2 is 1.81 bits per heavy atom. The Hall–Kier alpha value is -1.82. The van der Waals surface area contributed by atoms with E-state index in [1.807, 2.05) is 0 Å². The number of fused-ring (bicyclic) bond motifs is 1. The van der Waals surface area contributed by atoms with Gasteiger partial charge in [-0.2, -0.15) is 0 Å². The van der Waals surface area contributed by atoms with Crippen LogP contribution in [0.3, 0.4) is 0 Å². The Morgan fingerprint density at radius 1 is 1.19 bits per heavy atom. The summed E-state index contributed by atoms with van der Waals surface area (Å²) in [7, 11) is 0. The smallest absolute Gasteiger partial charge is 0.273 e. The summed E-state index contributed by atoms with van der Waals surface area (Å²) in [6.07, 6.45) is -0.948. The number of nitro benzene ring substituents is 1. The van der Waals surface area contributed by atoms with Gasteiger partial charge in [0.05, 0.1) is 11.0 Å². The third-order valence-corrected chi connectivity index (χ3v) is 2.11. The van der Waals surface area contributed by atoms with Gasteiger partial charge in [0.25, 0.3) is 5.69 Å². The summed E-state index contributed by atoms with van der Waals surface area (Å²) in [6.45, 7) is 3.43. The summed E-state index contributed by atoms with van der Waals surface area (Å²) in [5, 5.41) is 10.6. The van der Waals surface area contributed by atoms with Crippen molar-refractivity contribution >= 4 is 5.69 Å². The van der Waals surface area contributed by atoms with E-state index in [-0.39, 0.29) is 5.69 Å². The molecular formula is C10H11NO5. The first kappa shape index (κ1) is 10.7. The highest BCUT2D eigenvalue weighted by Gasteiger charge is 2.22. The molecule has 2 rings (SSSR count). The minimum absolute atomic E-state index is 0.0379. The van der Waals surface area contributed by atoms with Gasteiger partial charge in [0.1, 0.15) is 0 Å². The third-order valence-electron chi connectivity index (χ3n) is 2.11. The molecule has 0 saturated heterocycles. The Kier molecular flexibility index (Phi) is 2.66. The topological polar surface area (TPSA) is 70.8 Å². The highest BCUT2D eigenvalue weighted by Crippen LogP contribution is 2.35. The SMILES string of the molecule is C[C@@H]1Oc2ccc([N+](=O)[O-])cc2O[C@H](C)O1. The summed E-state index contributed by atoms with van der Waals surface area (Å²) in [4.78, 5) is 10.1. The molecule has 6 nitrogen and oxygen atoms in total. The number of rotatable bonds is 1. The summed E-state index contributed by atoms with van der Waals surface area (Å²) in [5.74, 6) is 0.772. The van der Waals surface area contributed by atoms with Gasteiger partial charge in [0, 0.05) is 6.07 Å². The van der Waals surface area contributed by atoms with Gasteiger partial charge < -0.3 is 14.2 Å². The standard InChI is InChI=1S/C10H11NO5/c1-6-14-7(2)16-10-5-8(11(12)13)3-4-9(10)15-6/h3-7H,1-2H3/t6-,7+/m0/s1. The largest absolute Gasteiger partial charge is 0.461 e. The predicted molar refractivity (Wildman–Crippen MR) is 54.4 cm³/mol. The van der Waals surface area contributed by atoms with Crippen molar-refractivity contribution in [3.05, 3.63) is 28.3 Å². The molecule has 0 unspecified atom stereocenters. The Balaban J connectivity index is 2.38. The van der Waals surface area contributed by atoms with Crippen molar-refractivity contribution < 1.29 is 19.1 Å². The van der Waals surface area contributed by atoms with Gasteiger partial charge >= 0.3 is 0 Å². The van der Waals surface area contributed by atoms with Crippen LogP contribution in [0, 0.1) is 10.1 Å². The van der Waals surface area contributed by atoms with Crippen LogP contribution in [0.5, 0.6) is 11.5 Å². The van der Waals surface area contributed by atoms with Gasteiger partial charge in [-0.05, 0) is 19.9 Å². The van der Waals surface area contributed by atoms with Crippen LogP contribution in [-0.4, -0.2) is 17.5 Å². The fourth-order valence-corrected chi connectivity index (χ4v) is 1.48. The molecule has 1 aliphatic rings. The monoisotopic (exact) mass is 225 g/mol. The molecule has 1 heterocycles. The molecule has 0 aromatic heterocycles. The lowest BCUT2D eigenvalue weighted by atomic mass is 10.3. The van der Waals surface area contributed by atoms with Crippen molar-refractivity contribution in [1.82, 2.24) is 0 Å². The van der Waals surface area contributed by atoms with E-state index >= 15 is 0 Å². The molecule has 1 aromatic carbocycles. The fraction of sp³-hybridized carbons (Fsp3) is 0.400.